The van der Waals surface area contributed by atoms with Crippen LogP contribution in [0.25, 0.3) is 10.8 Å². The second kappa shape index (κ2) is 9.07. The molecule has 2 rings (SSSR count). The third-order valence-corrected chi connectivity index (χ3v) is 4.71. The standard InChI is InChI=1S/C19H25S/c1-2-3-4-5-6-7-10-15-20-19-14-13-17-11-8-9-12-18(17)16-19/h8-9,11-14,16H,1-7,10,15H2. The van der Waals surface area contributed by atoms with Crippen molar-refractivity contribution in [2.45, 2.75) is 49.8 Å². The molecule has 0 aliphatic rings. The number of benzene rings is 2. The summed E-state index contributed by atoms with van der Waals surface area (Å²) >= 11 is 1.99. The molecule has 0 aromatic heterocycles. The van der Waals surface area contributed by atoms with E-state index in [-0.39, 0.29) is 0 Å². The first-order valence-electron chi connectivity index (χ1n) is 7.81. The van der Waals surface area contributed by atoms with Crippen LogP contribution in [0, 0.1) is 6.92 Å². The van der Waals surface area contributed by atoms with Crippen LogP contribution in [0.4, 0.5) is 0 Å². The Labute approximate surface area is 128 Å². The van der Waals surface area contributed by atoms with Crippen LogP contribution in [-0.4, -0.2) is 5.75 Å². The lowest BCUT2D eigenvalue weighted by atomic mass is 10.1. The summed E-state index contributed by atoms with van der Waals surface area (Å²) in [6.07, 6.45) is 9.24. The summed E-state index contributed by atoms with van der Waals surface area (Å²) in [5, 5.41) is 2.69. The molecule has 0 aliphatic heterocycles. The van der Waals surface area contributed by atoms with Crippen molar-refractivity contribution in [2.24, 2.45) is 0 Å². The highest BCUT2D eigenvalue weighted by molar-refractivity contribution is 7.99. The molecule has 0 unspecified atom stereocenters. The molecule has 20 heavy (non-hydrogen) atoms. The third-order valence-electron chi connectivity index (χ3n) is 3.63. The summed E-state index contributed by atoms with van der Waals surface area (Å²) < 4.78 is 0. The second-order valence-electron chi connectivity index (χ2n) is 5.33. The van der Waals surface area contributed by atoms with Crippen LogP contribution < -0.4 is 0 Å². The van der Waals surface area contributed by atoms with E-state index in [0.717, 1.165) is 6.42 Å². The molecule has 1 radical (unpaired) electrons. The van der Waals surface area contributed by atoms with Crippen molar-refractivity contribution >= 4 is 22.5 Å². The fraction of sp³-hybridized carbons (Fsp3) is 0.421. The number of hydrogen-bond donors (Lipinski definition) is 0. The molecule has 2 aromatic carbocycles. The van der Waals surface area contributed by atoms with Gasteiger partial charge in [-0.25, -0.2) is 0 Å². The van der Waals surface area contributed by atoms with Crippen LogP contribution >= 0.6 is 11.8 Å². The van der Waals surface area contributed by atoms with Crippen LogP contribution in [0.2, 0.25) is 0 Å². The largest absolute Gasteiger partial charge is 0.126 e. The van der Waals surface area contributed by atoms with E-state index in [0.29, 0.717) is 0 Å². The lowest BCUT2D eigenvalue weighted by Gasteiger charge is -2.04. The Morgan fingerprint density at radius 1 is 0.750 bits per heavy atom. The van der Waals surface area contributed by atoms with Gasteiger partial charge in [-0.05, 0) is 35.1 Å². The summed E-state index contributed by atoms with van der Waals surface area (Å²) in [5.41, 5.74) is 0. The molecule has 0 nitrogen and oxygen atoms in total. The van der Waals surface area contributed by atoms with Gasteiger partial charge in [0.25, 0.3) is 0 Å². The fourth-order valence-electron chi connectivity index (χ4n) is 2.43. The molecule has 1 heteroatoms. The van der Waals surface area contributed by atoms with E-state index in [2.05, 4.69) is 49.4 Å². The predicted octanol–water partition coefficient (Wildman–Crippen LogP) is 6.50. The Bertz CT molecular complexity index is 504. The molecule has 0 saturated carbocycles. The van der Waals surface area contributed by atoms with Crippen molar-refractivity contribution in [2.75, 3.05) is 5.75 Å². The highest BCUT2D eigenvalue weighted by Gasteiger charge is 1.97. The van der Waals surface area contributed by atoms with Crippen LogP contribution in [-0.2, 0) is 0 Å². The maximum atomic E-state index is 3.88. The molecule has 0 saturated heterocycles. The van der Waals surface area contributed by atoms with Crippen LogP contribution in [0.15, 0.2) is 47.4 Å². The monoisotopic (exact) mass is 285 g/mol. The van der Waals surface area contributed by atoms with E-state index in [1.807, 2.05) is 11.8 Å². The van der Waals surface area contributed by atoms with Crippen molar-refractivity contribution in [3.63, 3.8) is 0 Å². The molecule has 0 bridgehead atoms. The van der Waals surface area contributed by atoms with Gasteiger partial charge in [-0.3, -0.25) is 0 Å². The van der Waals surface area contributed by atoms with Gasteiger partial charge < -0.3 is 0 Å². The highest BCUT2D eigenvalue weighted by Crippen LogP contribution is 2.24. The van der Waals surface area contributed by atoms with Crippen molar-refractivity contribution in [3.05, 3.63) is 49.4 Å². The van der Waals surface area contributed by atoms with Crippen LogP contribution in [0.1, 0.15) is 44.9 Å². The van der Waals surface area contributed by atoms with E-state index in [1.165, 1.54) is 59.9 Å². The minimum absolute atomic E-state index is 1.10. The molecule has 0 heterocycles. The van der Waals surface area contributed by atoms with Gasteiger partial charge in [0.05, 0.1) is 0 Å². The second-order valence-corrected chi connectivity index (χ2v) is 6.50. The third kappa shape index (κ3) is 5.20. The van der Waals surface area contributed by atoms with Gasteiger partial charge in [-0.2, -0.15) is 0 Å². The predicted molar refractivity (Wildman–Crippen MR) is 92.3 cm³/mol. The van der Waals surface area contributed by atoms with Gasteiger partial charge in [0.2, 0.25) is 0 Å². The van der Waals surface area contributed by atoms with Gasteiger partial charge in [0, 0.05) is 4.90 Å². The van der Waals surface area contributed by atoms with Crippen molar-refractivity contribution in [1.82, 2.24) is 0 Å². The normalized spacial score (nSPS) is 11.1. The molecule has 0 fully saturated rings. The molecule has 0 spiro atoms. The van der Waals surface area contributed by atoms with Crippen LogP contribution in [0.3, 0.4) is 0 Å². The summed E-state index contributed by atoms with van der Waals surface area (Å²) in [6.45, 7) is 3.88. The van der Waals surface area contributed by atoms with Gasteiger partial charge in [-0.1, -0.05) is 75.8 Å². The van der Waals surface area contributed by atoms with Crippen molar-refractivity contribution in [3.8, 4) is 0 Å². The van der Waals surface area contributed by atoms with Crippen LogP contribution in [0.5, 0.6) is 0 Å². The number of unbranched alkanes of at least 4 members (excludes halogenated alkanes) is 6. The molecular formula is C19H25S. The molecule has 107 valence electrons. The molecule has 2 aromatic rings. The molecule has 0 aliphatic carbocycles. The summed E-state index contributed by atoms with van der Waals surface area (Å²) in [7, 11) is 0. The Balaban J connectivity index is 1.65. The lowest BCUT2D eigenvalue weighted by Crippen LogP contribution is -1.83. The smallest absolute Gasteiger partial charge is 0.00783 e. The SMILES string of the molecule is [CH2]CCCCCCCCSc1ccc2ccccc2c1. The van der Waals surface area contributed by atoms with Crippen molar-refractivity contribution in [1.29, 1.82) is 0 Å². The number of hydrogen-bond acceptors (Lipinski definition) is 1. The highest BCUT2D eigenvalue weighted by atomic mass is 32.2. The minimum Gasteiger partial charge on any atom is -0.126 e. The van der Waals surface area contributed by atoms with E-state index < -0.39 is 0 Å². The van der Waals surface area contributed by atoms with E-state index in [1.54, 1.807) is 0 Å². The van der Waals surface area contributed by atoms with E-state index in [9.17, 15) is 0 Å². The number of fused-ring (bicyclic) bond motifs is 1. The molecular weight excluding hydrogens is 260 g/mol. The van der Waals surface area contributed by atoms with E-state index >= 15 is 0 Å². The van der Waals surface area contributed by atoms with Gasteiger partial charge in [-0.15, -0.1) is 11.8 Å². The average molecular weight is 285 g/mol. The summed E-state index contributed by atoms with van der Waals surface area (Å²) in [6, 6.07) is 15.4. The Hall–Kier alpha value is -0.950. The Morgan fingerprint density at radius 2 is 1.45 bits per heavy atom. The quantitative estimate of drug-likeness (QED) is 0.374. The number of thioether (sulfide) groups is 1. The van der Waals surface area contributed by atoms with Gasteiger partial charge in [0.1, 0.15) is 0 Å². The lowest BCUT2D eigenvalue weighted by molar-refractivity contribution is 0.612. The zero-order chi connectivity index (χ0) is 14.0. The van der Waals surface area contributed by atoms with Crippen molar-refractivity contribution < 1.29 is 0 Å². The zero-order valence-electron chi connectivity index (χ0n) is 12.3. The first-order valence-corrected chi connectivity index (χ1v) is 8.79. The zero-order valence-corrected chi connectivity index (χ0v) is 13.1. The Morgan fingerprint density at radius 3 is 2.25 bits per heavy atom. The molecule has 0 N–H and O–H groups in total. The maximum absolute atomic E-state index is 3.88. The fourth-order valence-corrected chi connectivity index (χ4v) is 3.39. The first kappa shape index (κ1) is 15.4. The minimum atomic E-state index is 1.10. The summed E-state index contributed by atoms with van der Waals surface area (Å²) in [4.78, 5) is 1.40. The summed E-state index contributed by atoms with van der Waals surface area (Å²) in [5.74, 6) is 1.24. The molecule has 0 amide bonds. The topological polar surface area (TPSA) is 0 Å². The van der Waals surface area contributed by atoms with Gasteiger partial charge >= 0.3 is 0 Å². The number of rotatable bonds is 9. The van der Waals surface area contributed by atoms with E-state index in [4.69, 9.17) is 0 Å². The first-order chi connectivity index (χ1) is 9.90. The average Bonchev–Trinajstić information content (AvgIpc) is 2.50. The molecule has 0 atom stereocenters. The Kier molecular flexibility index (Phi) is 7.00. The van der Waals surface area contributed by atoms with Gasteiger partial charge in [0.15, 0.2) is 0 Å². The maximum Gasteiger partial charge on any atom is 0.00783 e.